The van der Waals surface area contributed by atoms with E-state index in [-0.39, 0.29) is 17.9 Å². The molecule has 26 heavy (non-hydrogen) atoms. The number of amides is 2. The summed E-state index contributed by atoms with van der Waals surface area (Å²) in [5.41, 5.74) is 0. The molecule has 8 heteroatoms. The number of likely N-dealkylation sites (tertiary alicyclic amines) is 1. The van der Waals surface area contributed by atoms with Crippen LogP contribution in [0.25, 0.3) is 0 Å². The topological polar surface area (TPSA) is 91.6 Å². The number of aryl methyl sites for hydroxylation is 1. The minimum absolute atomic E-state index is 0.151. The second-order valence-electron chi connectivity index (χ2n) is 7.57. The number of piperazine rings is 1. The first-order chi connectivity index (χ1) is 12.7. The zero-order chi connectivity index (χ0) is 17.9. The molecule has 142 valence electrons. The van der Waals surface area contributed by atoms with E-state index in [0.717, 1.165) is 57.6 Å². The molecule has 1 unspecified atom stereocenters. The molecule has 2 amide bonds. The van der Waals surface area contributed by atoms with Gasteiger partial charge in [-0.2, -0.15) is 4.98 Å². The number of hydrogen-bond donors (Lipinski definition) is 1. The van der Waals surface area contributed by atoms with Crippen LogP contribution in [0.5, 0.6) is 0 Å². The minimum atomic E-state index is 0.151. The van der Waals surface area contributed by atoms with E-state index in [1.807, 2.05) is 9.80 Å². The van der Waals surface area contributed by atoms with Crippen LogP contribution in [-0.4, -0.2) is 70.5 Å². The van der Waals surface area contributed by atoms with Gasteiger partial charge in [0, 0.05) is 51.0 Å². The molecule has 4 rings (SSSR count). The quantitative estimate of drug-likeness (QED) is 0.802. The number of piperidine rings is 1. The molecule has 0 radical (unpaired) electrons. The fourth-order valence-corrected chi connectivity index (χ4v) is 3.87. The molecule has 2 aliphatic heterocycles. The molecule has 1 atom stereocenters. The number of nitrogens with zero attached hydrogens (tertiary/aromatic N) is 4. The summed E-state index contributed by atoms with van der Waals surface area (Å²) in [6.45, 7) is 3.45. The Hall–Kier alpha value is -1.96. The maximum atomic E-state index is 12.6. The van der Waals surface area contributed by atoms with Crippen molar-refractivity contribution in [2.75, 3.05) is 32.7 Å². The van der Waals surface area contributed by atoms with E-state index in [1.54, 1.807) is 0 Å². The molecule has 1 aromatic rings. The van der Waals surface area contributed by atoms with Crippen LogP contribution in [0, 0.1) is 0 Å². The molecule has 2 saturated heterocycles. The number of hydrogen-bond acceptors (Lipinski definition) is 6. The average Bonchev–Trinajstić information content (AvgIpc) is 3.41. The molecule has 3 aliphatic rings. The molecule has 1 aromatic heterocycles. The molecule has 0 aromatic carbocycles. The number of rotatable bonds is 6. The Balaban J connectivity index is 1.23. The summed E-state index contributed by atoms with van der Waals surface area (Å²) in [4.78, 5) is 32.9. The van der Waals surface area contributed by atoms with E-state index in [0.29, 0.717) is 37.7 Å². The Kier molecular flexibility index (Phi) is 5.19. The predicted molar refractivity (Wildman–Crippen MR) is 93.4 cm³/mol. The molecule has 8 nitrogen and oxygen atoms in total. The van der Waals surface area contributed by atoms with Crippen LogP contribution in [-0.2, 0) is 16.0 Å². The summed E-state index contributed by atoms with van der Waals surface area (Å²) in [6.07, 6.45) is 6.12. The molecule has 0 bridgehead atoms. The second-order valence-corrected chi connectivity index (χ2v) is 7.57. The lowest BCUT2D eigenvalue weighted by molar-refractivity contribution is -0.140. The van der Waals surface area contributed by atoms with Crippen LogP contribution in [0.15, 0.2) is 4.52 Å². The number of carbonyl (C=O) groups excluding carboxylic acids is 2. The summed E-state index contributed by atoms with van der Waals surface area (Å²) >= 11 is 0. The third kappa shape index (κ3) is 4.06. The Bertz CT molecular complexity index is 657. The maximum Gasteiger partial charge on any atom is 0.236 e. The average molecular weight is 361 g/mol. The Morgan fingerprint density at radius 1 is 1.27 bits per heavy atom. The number of nitrogens with one attached hydrogen (secondary N) is 1. The lowest BCUT2D eigenvalue weighted by atomic mass is 10.0. The van der Waals surface area contributed by atoms with Gasteiger partial charge < -0.3 is 19.6 Å². The Morgan fingerprint density at radius 2 is 2.15 bits per heavy atom. The molecular weight excluding hydrogens is 334 g/mol. The maximum absolute atomic E-state index is 12.6. The van der Waals surface area contributed by atoms with Gasteiger partial charge in [0.05, 0.1) is 6.54 Å². The summed E-state index contributed by atoms with van der Waals surface area (Å²) in [6, 6.07) is 0.166. The van der Waals surface area contributed by atoms with Crippen molar-refractivity contribution in [1.29, 1.82) is 0 Å². The van der Waals surface area contributed by atoms with Crippen molar-refractivity contribution in [3.63, 3.8) is 0 Å². The Morgan fingerprint density at radius 3 is 2.96 bits per heavy atom. The lowest BCUT2D eigenvalue weighted by Gasteiger charge is -2.41. The molecule has 3 fully saturated rings. The highest BCUT2D eigenvalue weighted by atomic mass is 16.5. The van der Waals surface area contributed by atoms with Crippen molar-refractivity contribution >= 4 is 11.8 Å². The van der Waals surface area contributed by atoms with Crippen molar-refractivity contribution in [2.45, 2.75) is 56.9 Å². The van der Waals surface area contributed by atoms with Crippen molar-refractivity contribution < 1.29 is 14.1 Å². The standard InChI is InChI=1S/C18H27N5O3/c24-16(5-1-4-15-20-18(21-26-15)13-6-7-13)22-9-2-3-14(12-22)23-10-8-19-11-17(23)25/h13-14,19H,1-12H2. The first-order valence-corrected chi connectivity index (χ1v) is 9.81. The summed E-state index contributed by atoms with van der Waals surface area (Å²) < 4.78 is 5.27. The van der Waals surface area contributed by atoms with Gasteiger partial charge in [-0.1, -0.05) is 5.16 Å². The van der Waals surface area contributed by atoms with E-state index in [1.165, 1.54) is 0 Å². The highest BCUT2D eigenvalue weighted by molar-refractivity contribution is 5.80. The largest absolute Gasteiger partial charge is 0.341 e. The molecule has 1 N–H and O–H groups in total. The third-order valence-electron chi connectivity index (χ3n) is 5.52. The SMILES string of the molecule is O=C(CCCc1nc(C2CC2)no1)N1CCCC(N2CCNCC2=O)C1. The molecule has 0 spiro atoms. The van der Waals surface area contributed by atoms with Gasteiger partial charge in [-0.05, 0) is 32.1 Å². The van der Waals surface area contributed by atoms with Gasteiger partial charge in [-0.25, -0.2) is 0 Å². The van der Waals surface area contributed by atoms with E-state index in [2.05, 4.69) is 15.5 Å². The normalized spacial score (nSPS) is 24.2. The summed E-state index contributed by atoms with van der Waals surface area (Å²) in [5.74, 6) is 2.28. The first kappa shape index (κ1) is 17.5. The van der Waals surface area contributed by atoms with Gasteiger partial charge in [0.1, 0.15) is 0 Å². The number of aromatic nitrogens is 2. The molecule has 1 saturated carbocycles. The van der Waals surface area contributed by atoms with Crippen molar-refractivity contribution in [1.82, 2.24) is 25.3 Å². The van der Waals surface area contributed by atoms with E-state index in [9.17, 15) is 9.59 Å². The van der Waals surface area contributed by atoms with Crippen LogP contribution >= 0.6 is 0 Å². The minimum Gasteiger partial charge on any atom is -0.341 e. The van der Waals surface area contributed by atoms with Gasteiger partial charge in [0.15, 0.2) is 5.82 Å². The van der Waals surface area contributed by atoms with Gasteiger partial charge in [0.2, 0.25) is 17.7 Å². The fraction of sp³-hybridized carbons (Fsp3) is 0.778. The van der Waals surface area contributed by atoms with Crippen molar-refractivity contribution in [2.24, 2.45) is 0 Å². The third-order valence-corrected chi connectivity index (χ3v) is 5.52. The smallest absolute Gasteiger partial charge is 0.236 e. The zero-order valence-corrected chi connectivity index (χ0v) is 15.2. The van der Waals surface area contributed by atoms with Crippen LogP contribution in [0.1, 0.15) is 56.2 Å². The second kappa shape index (κ2) is 7.73. The molecule has 1 aliphatic carbocycles. The van der Waals surface area contributed by atoms with E-state index in [4.69, 9.17) is 4.52 Å². The van der Waals surface area contributed by atoms with E-state index >= 15 is 0 Å². The zero-order valence-electron chi connectivity index (χ0n) is 15.2. The van der Waals surface area contributed by atoms with Crippen LogP contribution in [0.3, 0.4) is 0 Å². The molecule has 3 heterocycles. The highest BCUT2D eigenvalue weighted by Crippen LogP contribution is 2.38. The van der Waals surface area contributed by atoms with Crippen LogP contribution < -0.4 is 5.32 Å². The predicted octanol–water partition coefficient (Wildman–Crippen LogP) is 0.693. The van der Waals surface area contributed by atoms with Crippen LogP contribution in [0.2, 0.25) is 0 Å². The van der Waals surface area contributed by atoms with E-state index < -0.39 is 0 Å². The van der Waals surface area contributed by atoms with Crippen molar-refractivity contribution in [3.8, 4) is 0 Å². The summed E-state index contributed by atoms with van der Waals surface area (Å²) in [7, 11) is 0. The van der Waals surface area contributed by atoms with Gasteiger partial charge in [-0.3, -0.25) is 9.59 Å². The van der Waals surface area contributed by atoms with Crippen molar-refractivity contribution in [3.05, 3.63) is 11.7 Å². The highest BCUT2D eigenvalue weighted by Gasteiger charge is 2.31. The fourth-order valence-electron chi connectivity index (χ4n) is 3.87. The van der Waals surface area contributed by atoms with Crippen LogP contribution in [0.4, 0.5) is 0 Å². The van der Waals surface area contributed by atoms with Gasteiger partial charge in [-0.15, -0.1) is 0 Å². The molecular formula is C18H27N5O3. The summed E-state index contributed by atoms with van der Waals surface area (Å²) in [5, 5.41) is 7.11. The Labute approximate surface area is 153 Å². The van der Waals surface area contributed by atoms with Gasteiger partial charge in [0.25, 0.3) is 0 Å². The monoisotopic (exact) mass is 361 g/mol. The van der Waals surface area contributed by atoms with Gasteiger partial charge >= 0.3 is 0 Å². The number of carbonyl (C=O) groups is 2. The lowest BCUT2D eigenvalue weighted by Crippen LogP contribution is -2.57. The first-order valence-electron chi connectivity index (χ1n) is 9.81.